The number of halogens is 3. The molecule has 4 N–H and O–H groups in total. The molecule has 0 fully saturated rings. The van der Waals surface area contributed by atoms with Gasteiger partial charge < -0.3 is 11.1 Å². The van der Waals surface area contributed by atoms with Gasteiger partial charge in [0.25, 0.3) is 0 Å². The summed E-state index contributed by atoms with van der Waals surface area (Å²) < 4.78 is 38.3. The summed E-state index contributed by atoms with van der Waals surface area (Å²) in [5.74, 6) is -0.635. The Labute approximate surface area is 121 Å². The van der Waals surface area contributed by atoms with E-state index in [0.29, 0.717) is 0 Å². The van der Waals surface area contributed by atoms with Gasteiger partial charge in [0.05, 0.1) is 17.0 Å². The molecule has 0 aliphatic heterocycles. The van der Waals surface area contributed by atoms with Gasteiger partial charge in [0.15, 0.2) is 0 Å². The molecular weight excluding hydrogens is 307 g/mol. The molecule has 112 valence electrons. The van der Waals surface area contributed by atoms with Crippen LogP contribution in [-0.4, -0.2) is 26.8 Å². The number of hydrogen-bond acceptors (Lipinski definition) is 5. The van der Waals surface area contributed by atoms with Gasteiger partial charge in [0, 0.05) is 0 Å². The molecule has 1 heterocycles. The van der Waals surface area contributed by atoms with E-state index >= 15 is 0 Å². The molecule has 21 heavy (non-hydrogen) atoms. The monoisotopic (exact) mass is 317 g/mol. The highest BCUT2D eigenvalue weighted by molar-refractivity contribution is 7.99. The van der Waals surface area contributed by atoms with E-state index in [0.717, 1.165) is 17.8 Å². The normalized spacial score (nSPS) is 11.4. The number of nitrogen functional groups attached to an aromatic ring is 1. The first-order chi connectivity index (χ1) is 9.86. The van der Waals surface area contributed by atoms with Gasteiger partial charge in [0.1, 0.15) is 0 Å². The lowest BCUT2D eigenvalue weighted by atomic mass is 10.1. The number of nitrogens with zero attached hydrogens (tertiary/aromatic N) is 2. The number of nitrogens with two attached hydrogens (primary N) is 1. The summed E-state index contributed by atoms with van der Waals surface area (Å²) in [6, 6.07) is 4.76. The predicted octanol–water partition coefficient (Wildman–Crippen LogP) is 2.14. The Hall–Kier alpha value is -2.23. The molecule has 6 nitrogen and oxygen atoms in total. The van der Waals surface area contributed by atoms with Crippen molar-refractivity contribution in [2.24, 2.45) is 0 Å². The maximum Gasteiger partial charge on any atom is 0.418 e. The number of anilines is 2. The number of carbonyl (C=O) groups excluding carboxylic acids is 1. The van der Waals surface area contributed by atoms with Crippen LogP contribution in [0.1, 0.15) is 5.56 Å². The van der Waals surface area contributed by atoms with Gasteiger partial charge in [0.2, 0.25) is 17.0 Å². The van der Waals surface area contributed by atoms with E-state index in [9.17, 15) is 18.0 Å². The highest BCUT2D eigenvalue weighted by Crippen LogP contribution is 2.34. The number of benzene rings is 1. The number of rotatable bonds is 4. The van der Waals surface area contributed by atoms with Crippen LogP contribution in [0.3, 0.4) is 0 Å². The largest absolute Gasteiger partial charge is 0.418 e. The van der Waals surface area contributed by atoms with E-state index in [4.69, 9.17) is 5.73 Å². The van der Waals surface area contributed by atoms with Crippen molar-refractivity contribution in [2.45, 2.75) is 11.3 Å². The maximum atomic E-state index is 12.8. The molecule has 0 saturated heterocycles. The summed E-state index contributed by atoms with van der Waals surface area (Å²) >= 11 is 0.955. The number of aromatic amines is 1. The van der Waals surface area contributed by atoms with E-state index in [1.807, 2.05) is 0 Å². The molecule has 0 aliphatic rings. The standard InChI is InChI=1S/C11H10F3N5OS/c12-11(13,14)6-3-1-2-4-7(6)16-8(20)5-21-10-17-9(15)18-19-10/h1-4H,5H2,(H,16,20)(H3,15,17,18,19). The summed E-state index contributed by atoms with van der Waals surface area (Å²) in [6.07, 6.45) is -4.53. The Morgan fingerprint density at radius 1 is 1.38 bits per heavy atom. The van der Waals surface area contributed by atoms with Crippen LogP contribution in [0.15, 0.2) is 29.4 Å². The molecule has 1 aromatic carbocycles. The minimum Gasteiger partial charge on any atom is -0.368 e. The topological polar surface area (TPSA) is 96.7 Å². The molecule has 0 unspecified atom stereocenters. The number of H-pyrrole nitrogens is 1. The van der Waals surface area contributed by atoms with Crippen LogP contribution < -0.4 is 11.1 Å². The summed E-state index contributed by atoms with van der Waals surface area (Å²) in [5.41, 5.74) is 4.12. The van der Waals surface area contributed by atoms with Crippen molar-refractivity contribution >= 4 is 29.3 Å². The molecular formula is C11H10F3N5OS. The van der Waals surface area contributed by atoms with E-state index in [-0.39, 0.29) is 22.5 Å². The molecule has 10 heteroatoms. The summed E-state index contributed by atoms with van der Waals surface area (Å²) in [5, 5.41) is 8.54. The van der Waals surface area contributed by atoms with Crippen LogP contribution in [0.5, 0.6) is 0 Å². The number of amides is 1. The lowest BCUT2D eigenvalue weighted by Gasteiger charge is -2.13. The maximum absolute atomic E-state index is 12.8. The number of aromatic nitrogens is 3. The van der Waals surface area contributed by atoms with Crippen molar-refractivity contribution < 1.29 is 18.0 Å². The SMILES string of the molecule is Nc1nc(SCC(=O)Nc2ccccc2C(F)(F)F)n[nH]1. The quantitative estimate of drug-likeness (QED) is 0.751. The van der Waals surface area contributed by atoms with Crippen LogP contribution in [0, 0.1) is 0 Å². The van der Waals surface area contributed by atoms with Gasteiger partial charge in [-0.2, -0.15) is 18.2 Å². The molecule has 0 radical (unpaired) electrons. The first-order valence-electron chi connectivity index (χ1n) is 5.63. The van der Waals surface area contributed by atoms with Gasteiger partial charge in [-0.15, -0.1) is 5.10 Å². The van der Waals surface area contributed by atoms with Crippen LogP contribution in [0.4, 0.5) is 24.8 Å². The van der Waals surface area contributed by atoms with E-state index < -0.39 is 17.6 Å². The van der Waals surface area contributed by atoms with Gasteiger partial charge in [-0.1, -0.05) is 23.9 Å². The smallest absolute Gasteiger partial charge is 0.368 e. The van der Waals surface area contributed by atoms with Gasteiger partial charge in [-0.3, -0.25) is 4.79 Å². The van der Waals surface area contributed by atoms with Crippen LogP contribution in [0.2, 0.25) is 0 Å². The zero-order valence-electron chi connectivity index (χ0n) is 10.4. The third kappa shape index (κ3) is 4.12. The number of hydrogen-bond donors (Lipinski definition) is 3. The number of para-hydroxylation sites is 1. The summed E-state index contributed by atoms with van der Waals surface area (Å²) in [4.78, 5) is 15.4. The zero-order valence-corrected chi connectivity index (χ0v) is 11.3. The number of alkyl halides is 3. The number of carbonyl (C=O) groups is 1. The predicted molar refractivity (Wildman–Crippen MR) is 71.6 cm³/mol. The Morgan fingerprint density at radius 2 is 2.10 bits per heavy atom. The molecule has 0 saturated carbocycles. The Balaban J connectivity index is 2.00. The molecule has 2 aromatic rings. The fourth-order valence-corrected chi connectivity index (χ4v) is 2.08. The van der Waals surface area contributed by atoms with E-state index in [1.165, 1.54) is 18.2 Å². The molecule has 0 spiro atoms. The molecule has 0 aliphatic carbocycles. The lowest BCUT2D eigenvalue weighted by Crippen LogP contribution is -2.18. The fourth-order valence-electron chi connectivity index (χ4n) is 1.48. The summed E-state index contributed by atoms with van der Waals surface area (Å²) in [7, 11) is 0. The second-order valence-electron chi connectivity index (χ2n) is 3.88. The average molecular weight is 317 g/mol. The lowest BCUT2D eigenvalue weighted by molar-refractivity contribution is -0.137. The third-order valence-corrected chi connectivity index (χ3v) is 3.17. The fraction of sp³-hybridized carbons (Fsp3) is 0.182. The van der Waals surface area contributed by atoms with Crippen molar-refractivity contribution in [3.8, 4) is 0 Å². The summed E-state index contributed by atoms with van der Waals surface area (Å²) in [6.45, 7) is 0. The first-order valence-corrected chi connectivity index (χ1v) is 6.61. The highest BCUT2D eigenvalue weighted by Gasteiger charge is 2.33. The molecule has 1 aromatic heterocycles. The molecule has 1 amide bonds. The third-order valence-electron chi connectivity index (χ3n) is 2.32. The second kappa shape index (κ2) is 6.04. The molecule has 2 rings (SSSR count). The average Bonchev–Trinajstić information content (AvgIpc) is 2.82. The highest BCUT2D eigenvalue weighted by atomic mass is 32.2. The second-order valence-corrected chi connectivity index (χ2v) is 4.83. The van der Waals surface area contributed by atoms with Crippen LogP contribution in [0.25, 0.3) is 0 Å². The minimum atomic E-state index is -4.53. The number of thioether (sulfide) groups is 1. The van der Waals surface area contributed by atoms with Crippen molar-refractivity contribution in [1.29, 1.82) is 0 Å². The van der Waals surface area contributed by atoms with E-state index in [2.05, 4.69) is 20.5 Å². The van der Waals surface area contributed by atoms with Crippen LogP contribution >= 0.6 is 11.8 Å². The Bertz CT molecular complexity index is 643. The van der Waals surface area contributed by atoms with Crippen molar-refractivity contribution in [3.05, 3.63) is 29.8 Å². The van der Waals surface area contributed by atoms with Gasteiger partial charge >= 0.3 is 6.18 Å². The Morgan fingerprint density at radius 3 is 2.71 bits per heavy atom. The van der Waals surface area contributed by atoms with Crippen molar-refractivity contribution in [3.63, 3.8) is 0 Å². The van der Waals surface area contributed by atoms with Crippen molar-refractivity contribution in [1.82, 2.24) is 15.2 Å². The molecule has 0 atom stereocenters. The van der Waals surface area contributed by atoms with Crippen molar-refractivity contribution in [2.75, 3.05) is 16.8 Å². The zero-order chi connectivity index (χ0) is 15.5. The molecule has 0 bridgehead atoms. The first kappa shape index (κ1) is 15.2. The van der Waals surface area contributed by atoms with Crippen LogP contribution in [-0.2, 0) is 11.0 Å². The van der Waals surface area contributed by atoms with Gasteiger partial charge in [-0.05, 0) is 12.1 Å². The number of nitrogens with one attached hydrogen (secondary N) is 2. The van der Waals surface area contributed by atoms with E-state index in [1.54, 1.807) is 0 Å². The minimum absolute atomic E-state index is 0.0975. The Kier molecular flexibility index (Phi) is 4.36. The van der Waals surface area contributed by atoms with Gasteiger partial charge in [-0.25, -0.2) is 5.10 Å².